The van der Waals surface area contributed by atoms with E-state index in [2.05, 4.69) is 27.7 Å². The zero-order valence-corrected chi connectivity index (χ0v) is 11.3. The second kappa shape index (κ2) is 4.16. The third-order valence-corrected chi connectivity index (χ3v) is 5.57. The minimum Gasteiger partial charge on any atom is -0.299 e. The van der Waals surface area contributed by atoms with E-state index in [9.17, 15) is 4.79 Å². The fourth-order valence-corrected chi connectivity index (χ4v) is 4.02. The summed E-state index contributed by atoms with van der Waals surface area (Å²) < 4.78 is 0. The highest BCUT2D eigenvalue weighted by molar-refractivity contribution is 5.82. The first-order valence-electron chi connectivity index (χ1n) is 6.98. The maximum Gasteiger partial charge on any atom is 0.136 e. The molecule has 0 aromatic rings. The highest BCUT2D eigenvalue weighted by atomic mass is 16.1. The van der Waals surface area contributed by atoms with Crippen LogP contribution in [-0.4, -0.2) is 5.78 Å². The quantitative estimate of drug-likeness (QED) is 0.654. The highest BCUT2D eigenvalue weighted by Crippen LogP contribution is 2.54. The number of Topliss-reactive ketones (excluding diaryl/α,β-unsaturated/α-hetero) is 1. The summed E-state index contributed by atoms with van der Waals surface area (Å²) in [7, 11) is 0. The van der Waals surface area contributed by atoms with Gasteiger partial charge in [0.2, 0.25) is 0 Å². The number of hydrogen-bond donors (Lipinski definition) is 0. The maximum absolute atomic E-state index is 12.1. The van der Waals surface area contributed by atoms with Gasteiger partial charge in [-0.15, -0.1) is 0 Å². The van der Waals surface area contributed by atoms with Gasteiger partial charge < -0.3 is 0 Å². The van der Waals surface area contributed by atoms with Gasteiger partial charge in [-0.3, -0.25) is 4.79 Å². The normalized spacial score (nSPS) is 44.6. The molecule has 4 atom stereocenters. The fourth-order valence-electron chi connectivity index (χ4n) is 4.02. The largest absolute Gasteiger partial charge is 0.299 e. The van der Waals surface area contributed by atoms with Crippen LogP contribution in [0.15, 0.2) is 0 Å². The summed E-state index contributed by atoms with van der Waals surface area (Å²) in [6.45, 7) is 9.27. The fraction of sp³-hybridized carbons (Fsp3) is 0.933. The second-order valence-corrected chi connectivity index (χ2v) is 6.76. The second-order valence-electron chi connectivity index (χ2n) is 6.76. The Labute approximate surface area is 100.0 Å². The number of ketones is 1. The first kappa shape index (κ1) is 12.1. The van der Waals surface area contributed by atoms with Gasteiger partial charge in [0.15, 0.2) is 0 Å². The Balaban J connectivity index is 2.21. The van der Waals surface area contributed by atoms with Crippen LogP contribution >= 0.6 is 0 Å². The van der Waals surface area contributed by atoms with E-state index in [1.165, 1.54) is 19.3 Å². The standard InChI is InChI=1S/C15H26O/c1-10(2)13-9-15(4)11(3)6-5-7-12(15)8-14(13)16/h10-13H,5-9H2,1-4H3/t11-,12-,13-,15+/m1/s1. The monoisotopic (exact) mass is 222 g/mol. The van der Waals surface area contributed by atoms with Gasteiger partial charge >= 0.3 is 0 Å². The lowest BCUT2D eigenvalue weighted by molar-refractivity contribution is -0.136. The number of rotatable bonds is 1. The van der Waals surface area contributed by atoms with Gasteiger partial charge in [0, 0.05) is 12.3 Å². The molecule has 0 aromatic heterocycles. The van der Waals surface area contributed by atoms with E-state index in [0.717, 1.165) is 18.8 Å². The molecule has 0 unspecified atom stereocenters. The van der Waals surface area contributed by atoms with Crippen molar-refractivity contribution in [2.75, 3.05) is 0 Å². The molecule has 1 nitrogen and oxygen atoms in total. The van der Waals surface area contributed by atoms with Gasteiger partial charge in [-0.25, -0.2) is 0 Å². The van der Waals surface area contributed by atoms with Crippen molar-refractivity contribution in [3.63, 3.8) is 0 Å². The zero-order chi connectivity index (χ0) is 11.9. The van der Waals surface area contributed by atoms with Gasteiger partial charge in [-0.1, -0.05) is 40.5 Å². The topological polar surface area (TPSA) is 17.1 Å². The van der Waals surface area contributed by atoms with Crippen LogP contribution in [0.25, 0.3) is 0 Å². The molecule has 0 N–H and O–H groups in total. The molecule has 2 aliphatic rings. The molecule has 2 aliphatic carbocycles. The van der Waals surface area contributed by atoms with E-state index in [-0.39, 0.29) is 0 Å². The summed E-state index contributed by atoms with van der Waals surface area (Å²) in [6.07, 6.45) is 6.00. The molecule has 0 spiro atoms. The van der Waals surface area contributed by atoms with Crippen LogP contribution in [0.1, 0.15) is 59.8 Å². The Bertz CT molecular complexity index is 281. The van der Waals surface area contributed by atoms with Gasteiger partial charge in [-0.05, 0) is 36.0 Å². The first-order valence-corrected chi connectivity index (χ1v) is 6.98. The Morgan fingerprint density at radius 1 is 1.31 bits per heavy atom. The molecule has 1 heteroatoms. The lowest BCUT2D eigenvalue weighted by Crippen LogP contribution is -2.47. The van der Waals surface area contributed by atoms with Crippen LogP contribution in [0.2, 0.25) is 0 Å². The smallest absolute Gasteiger partial charge is 0.136 e. The summed E-state index contributed by atoms with van der Waals surface area (Å²) in [6, 6.07) is 0. The molecular weight excluding hydrogens is 196 g/mol. The Kier molecular flexibility index (Phi) is 3.16. The maximum atomic E-state index is 12.1. The van der Waals surface area contributed by atoms with E-state index in [4.69, 9.17) is 0 Å². The van der Waals surface area contributed by atoms with Crippen molar-refractivity contribution in [2.24, 2.45) is 29.1 Å². The van der Waals surface area contributed by atoms with Crippen molar-refractivity contribution in [2.45, 2.75) is 59.8 Å². The van der Waals surface area contributed by atoms with E-state index in [0.29, 0.717) is 29.0 Å². The van der Waals surface area contributed by atoms with Crippen LogP contribution < -0.4 is 0 Å². The van der Waals surface area contributed by atoms with Gasteiger partial charge in [0.05, 0.1) is 0 Å². The third kappa shape index (κ3) is 1.83. The minimum absolute atomic E-state index is 0.335. The van der Waals surface area contributed by atoms with Crippen molar-refractivity contribution in [3.8, 4) is 0 Å². The first-order chi connectivity index (χ1) is 7.45. The lowest BCUT2D eigenvalue weighted by Gasteiger charge is -2.51. The van der Waals surface area contributed by atoms with Crippen LogP contribution in [0.3, 0.4) is 0 Å². The number of fused-ring (bicyclic) bond motifs is 1. The van der Waals surface area contributed by atoms with Crippen molar-refractivity contribution in [3.05, 3.63) is 0 Å². The minimum atomic E-state index is 0.335. The summed E-state index contributed by atoms with van der Waals surface area (Å²) in [5, 5.41) is 0. The van der Waals surface area contributed by atoms with E-state index in [1.54, 1.807) is 0 Å². The molecule has 0 aliphatic heterocycles. The molecular formula is C15H26O. The van der Waals surface area contributed by atoms with Crippen molar-refractivity contribution in [1.82, 2.24) is 0 Å². The number of hydrogen-bond acceptors (Lipinski definition) is 1. The van der Waals surface area contributed by atoms with Gasteiger partial charge in [0.1, 0.15) is 5.78 Å². The summed E-state index contributed by atoms with van der Waals surface area (Å²) in [5.74, 6) is 2.90. The molecule has 0 amide bonds. The average molecular weight is 222 g/mol. The highest BCUT2D eigenvalue weighted by Gasteiger charge is 2.48. The Morgan fingerprint density at radius 3 is 2.62 bits per heavy atom. The summed E-state index contributed by atoms with van der Waals surface area (Å²) in [5.41, 5.74) is 0.446. The molecule has 0 heterocycles. The molecule has 0 aromatic carbocycles. The zero-order valence-electron chi connectivity index (χ0n) is 11.3. The molecule has 0 radical (unpaired) electrons. The predicted molar refractivity (Wildman–Crippen MR) is 67.2 cm³/mol. The SMILES string of the molecule is CC(C)[C@H]1C[C@]2(C)[C@H](CCC[C@H]2C)CC1=O. The lowest BCUT2D eigenvalue weighted by atomic mass is 9.52. The van der Waals surface area contributed by atoms with Crippen molar-refractivity contribution >= 4 is 5.78 Å². The van der Waals surface area contributed by atoms with Crippen LogP contribution in [-0.2, 0) is 4.79 Å². The summed E-state index contributed by atoms with van der Waals surface area (Å²) >= 11 is 0. The average Bonchev–Trinajstić information content (AvgIpc) is 2.20. The van der Waals surface area contributed by atoms with E-state index < -0.39 is 0 Å². The molecule has 2 rings (SSSR count). The van der Waals surface area contributed by atoms with E-state index >= 15 is 0 Å². The van der Waals surface area contributed by atoms with Crippen LogP contribution in [0, 0.1) is 29.1 Å². The van der Waals surface area contributed by atoms with Crippen LogP contribution in [0.5, 0.6) is 0 Å². The Morgan fingerprint density at radius 2 is 2.00 bits per heavy atom. The third-order valence-electron chi connectivity index (χ3n) is 5.57. The van der Waals surface area contributed by atoms with Gasteiger partial charge in [-0.2, -0.15) is 0 Å². The molecule has 16 heavy (non-hydrogen) atoms. The van der Waals surface area contributed by atoms with Gasteiger partial charge in [0.25, 0.3) is 0 Å². The molecule has 0 saturated heterocycles. The predicted octanol–water partition coefficient (Wildman–Crippen LogP) is 4.06. The Hall–Kier alpha value is -0.330. The van der Waals surface area contributed by atoms with Crippen molar-refractivity contribution < 1.29 is 4.79 Å². The molecule has 2 fully saturated rings. The number of carbonyl (C=O) groups excluding carboxylic acids is 1. The molecule has 0 bridgehead atoms. The molecule has 2 saturated carbocycles. The number of carbonyl (C=O) groups is 1. The van der Waals surface area contributed by atoms with Crippen molar-refractivity contribution in [1.29, 1.82) is 0 Å². The van der Waals surface area contributed by atoms with Crippen LogP contribution in [0.4, 0.5) is 0 Å². The molecule has 92 valence electrons. The van der Waals surface area contributed by atoms with E-state index in [1.807, 2.05) is 0 Å². The summed E-state index contributed by atoms with van der Waals surface area (Å²) in [4.78, 5) is 12.1.